The van der Waals surface area contributed by atoms with Crippen LogP contribution in [0.3, 0.4) is 0 Å². The number of nitrogens with zero attached hydrogens (tertiary/aromatic N) is 1. The van der Waals surface area contributed by atoms with Crippen molar-refractivity contribution in [2.75, 3.05) is 26.9 Å². The fraction of sp³-hybridized carbons (Fsp3) is 0.400. The van der Waals surface area contributed by atoms with Crippen molar-refractivity contribution in [2.45, 2.75) is 13.0 Å². The molecule has 1 N–H and O–H groups in total. The highest BCUT2D eigenvalue weighted by Crippen LogP contribution is 2.28. The van der Waals surface area contributed by atoms with Gasteiger partial charge in [-0.3, -0.25) is 4.98 Å². The van der Waals surface area contributed by atoms with Crippen LogP contribution in [0.15, 0.2) is 24.3 Å². The van der Waals surface area contributed by atoms with Gasteiger partial charge in [0.1, 0.15) is 5.75 Å². The normalized spacial score (nSPS) is 19.6. The Kier molecular flexibility index (Phi) is 3.36. The average Bonchev–Trinajstić information content (AvgIpc) is 2.47. The molecular weight excluding hydrogens is 240 g/mol. The van der Waals surface area contributed by atoms with E-state index in [0.29, 0.717) is 6.61 Å². The molecule has 0 spiro atoms. The third-order valence-electron chi connectivity index (χ3n) is 3.47. The number of rotatable bonds is 2. The van der Waals surface area contributed by atoms with E-state index in [1.807, 2.05) is 25.1 Å². The summed E-state index contributed by atoms with van der Waals surface area (Å²) in [5.74, 6) is 0.858. The van der Waals surface area contributed by atoms with Crippen molar-refractivity contribution in [2.24, 2.45) is 0 Å². The van der Waals surface area contributed by atoms with Crippen molar-refractivity contribution < 1.29 is 9.47 Å². The summed E-state index contributed by atoms with van der Waals surface area (Å²) in [6.45, 7) is 4.39. The van der Waals surface area contributed by atoms with Crippen LogP contribution in [0.4, 0.5) is 0 Å². The van der Waals surface area contributed by atoms with E-state index in [1.165, 1.54) is 5.56 Å². The lowest BCUT2D eigenvalue weighted by Crippen LogP contribution is -2.34. The van der Waals surface area contributed by atoms with Gasteiger partial charge in [-0.25, -0.2) is 0 Å². The first-order valence-electron chi connectivity index (χ1n) is 6.54. The third kappa shape index (κ3) is 2.41. The van der Waals surface area contributed by atoms with Crippen molar-refractivity contribution in [3.63, 3.8) is 0 Å². The van der Waals surface area contributed by atoms with E-state index in [4.69, 9.17) is 9.47 Å². The molecular formula is C15H18N2O2. The molecule has 0 bridgehead atoms. The summed E-state index contributed by atoms with van der Waals surface area (Å²) < 4.78 is 10.9. The Bertz CT molecular complexity index is 592. The maximum Gasteiger partial charge on any atom is 0.119 e. The second-order valence-corrected chi connectivity index (χ2v) is 4.82. The van der Waals surface area contributed by atoms with Crippen LogP contribution >= 0.6 is 0 Å². The molecule has 1 atom stereocenters. The van der Waals surface area contributed by atoms with Gasteiger partial charge in [0.05, 0.1) is 31.9 Å². The van der Waals surface area contributed by atoms with Gasteiger partial charge in [-0.15, -0.1) is 0 Å². The van der Waals surface area contributed by atoms with E-state index in [0.717, 1.165) is 35.5 Å². The van der Waals surface area contributed by atoms with Crippen LogP contribution in [-0.2, 0) is 4.74 Å². The lowest BCUT2D eigenvalue weighted by molar-refractivity contribution is 0.0773. The summed E-state index contributed by atoms with van der Waals surface area (Å²) in [7, 11) is 1.68. The topological polar surface area (TPSA) is 43.4 Å². The quantitative estimate of drug-likeness (QED) is 0.897. The van der Waals surface area contributed by atoms with Gasteiger partial charge >= 0.3 is 0 Å². The van der Waals surface area contributed by atoms with E-state index in [2.05, 4.69) is 16.4 Å². The summed E-state index contributed by atoms with van der Waals surface area (Å²) in [6, 6.07) is 8.37. The molecule has 4 nitrogen and oxygen atoms in total. The van der Waals surface area contributed by atoms with Crippen molar-refractivity contribution in [3.8, 4) is 5.75 Å². The van der Waals surface area contributed by atoms with Gasteiger partial charge in [0, 0.05) is 17.6 Å². The lowest BCUT2D eigenvalue weighted by atomic mass is 10.0. The first-order valence-corrected chi connectivity index (χ1v) is 6.54. The monoisotopic (exact) mass is 258 g/mol. The smallest absolute Gasteiger partial charge is 0.119 e. The predicted octanol–water partition coefficient (Wildman–Crippen LogP) is 2.21. The molecule has 1 aliphatic heterocycles. The first kappa shape index (κ1) is 12.4. The molecule has 1 aromatic carbocycles. The molecule has 19 heavy (non-hydrogen) atoms. The Hall–Kier alpha value is -1.65. The van der Waals surface area contributed by atoms with Gasteiger partial charge in [0.2, 0.25) is 0 Å². The highest BCUT2D eigenvalue weighted by Gasteiger charge is 2.18. The van der Waals surface area contributed by atoms with Crippen LogP contribution in [0.5, 0.6) is 5.75 Å². The molecule has 4 heteroatoms. The number of methoxy groups -OCH3 is 1. The van der Waals surface area contributed by atoms with E-state index in [9.17, 15) is 0 Å². The molecule has 3 rings (SSSR count). The van der Waals surface area contributed by atoms with Gasteiger partial charge in [-0.2, -0.15) is 0 Å². The number of aryl methyl sites for hydroxylation is 1. The first-order chi connectivity index (χ1) is 9.28. The van der Waals surface area contributed by atoms with Gasteiger partial charge in [0.15, 0.2) is 0 Å². The van der Waals surface area contributed by atoms with E-state index in [1.54, 1.807) is 7.11 Å². The zero-order valence-electron chi connectivity index (χ0n) is 11.3. The molecule has 100 valence electrons. The summed E-state index contributed by atoms with van der Waals surface area (Å²) in [5, 5.41) is 4.63. The average molecular weight is 258 g/mol. The minimum Gasteiger partial charge on any atom is -0.497 e. The second kappa shape index (κ2) is 5.15. The van der Waals surface area contributed by atoms with Gasteiger partial charge in [-0.05, 0) is 36.8 Å². The van der Waals surface area contributed by atoms with Crippen LogP contribution in [-0.4, -0.2) is 31.9 Å². The number of pyridine rings is 1. The van der Waals surface area contributed by atoms with E-state index < -0.39 is 0 Å². The summed E-state index contributed by atoms with van der Waals surface area (Å²) in [4.78, 5) is 4.58. The standard InChI is InChI=1S/C15H18N2O2/c1-10-7-12(15-9-19-6-5-16-15)13-8-11(18-2)3-4-14(13)17-10/h3-4,7-8,15-16H,5-6,9H2,1-2H3. The Morgan fingerprint density at radius 1 is 1.37 bits per heavy atom. The molecule has 1 aromatic heterocycles. The van der Waals surface area contributed by atoms with Crippen LogP contribution in [0.2, 0.25) is 0 Å². The molecule has 0 aliphatic carbocycles. The van der Waals surface area contributed by atoms with Crippen LogP contribution in [0.25, 0.3) is 10.9 Å². The number of nitrogens with one attached hydrogen (secondary N) is 1. The number of fused-ring (bicyclic) bond motifs is 1. The number of aromatic nitrogens is 1. The Morgan fingerprint density at radius 2 is 2.26 bits per heavy atom. The number of hydrogen-bond donors (Lipinski definition) is 1. The second-order valence-electron chi connectivity index (χ2n) is 4.82. The molecule has 1 fully saturated rings. The van der Waals surface area contributed by atoms with Gasteiger partial charge in [0.25, 0.3) is 0 Å². The molecule has 0 radical (unpaired) electrons. The summed E-state index contributed by atoms with van der Waals surface area (Å²) in [5.41, 5.74) is 3.27. The lowest BCUT2D eigenvalue weighted by Gasteiger charge is -2.25. The van der Waals surface area contributed by atoms with Crippen molar-refractivity contribution in [1.82, 2.24) is 10.3 Å². The van der Waals surface area contributed by atoms with E-state index in [-0.39, 0.29) is 6.04 Å². The summed E-state index contributed by atoms with van der Waals surface area (Å²) >= 11 is 0. The maximum absolute atomic E-state index is 5.57. The minimum atomic E-state index is 0.227. The summed E-state index contributed by atoms with van der Waals surface area (Å²) in [6.07, 6.45) is 0. The van der Waals surface area contributed by atoms with Gasteiger partial charge in [-0.1, -0.05) is 0 Å². The molecule has 0 amide bonds. The van der Waals surface area contributed by atoms with Crippen LogP contribution in [0, 0.1) is 6.92 Å². The largest absolute Gasteiger partial charge is 0.497 e. The van der Waals surface area contributed by atoms with Crippen molar-refractivity contribution >= 4 is 10.9 Å². The minimum absolute atomic E-state index is 0.227. The SMILES string of the molecule is COc1ccc2nc(C)cc(C3COCCN3)c2c1. The number of morpholine rings is 1. The fourth-order valence-electron chi connectivity index (χ4n) is 2.55. The number of ether oxygens (including phenoxy) is 2. The molecule has 1 aliphatic rings. The highest BCUT2D eigenvalue weighted by molar-refractivity contribution is 5.84. The third-order valence-corrected chi connectivity index (χ3v) is 3.47. The van der Waals surface area contributed by atoms with Crippen molar-refractivity contribution in [1.29, 1.82) is 0 Å². The predicted molar refractivity (Wildman–Crippen MR) is 74.6 cm³/mol. The van der Waals surface area contributed by atoms with Crippen molar-refractivity contribution in [3.05, 3.63) is 35.5 Å². The number of hydrogen-bond acceptors (Lipinski definition) is 4. The Morgan fingerprint density at radius 3 is 3.00 bits per heavy atom. The zero-order valence-corrected chi connectivity index (χ0v) is 11.3. The molecule has 1 unspecified atom stereocenters. The maximum atomic E-state index is 5.57. The van der Waals surface area contributed by atoms with Crippen LogP contribution in [0.1, 0.15) is 17.3 Å². The fourth-order valence-corrected chi connectivity index (χ4v) is 2.55. The van der Waals surface area contributed by atoms with Gasteiger partial charge < -0.3 is 14.8 Å². The molecule has 1 saturated heterocycles. The zero-order chi connectivity index (χ0) is 13.2. The molecule has 2 aromatic rings. The van der Waals surface area contributed by atoms with Crippen LogP contribution < -0.4 is 10.1 Å². The molecule has 2 heterocycles. The van der Waals surface area contributed by atoms with E-state index >= 15 is 0 Å². The Labute approximate surface area is 112 Å². The molecule has 0 saturated carbocycles. The Balaban J connectivity index is 2.14. The number of benzene rings is 1. The highest BCUT2D eigenvalue weighted by atomic mass is 16.5.